The van der Waals surface area contributed by atoms with Gasteiger partial charge < -0.3 is 16.0 Å². The molecule has 3 N–H and O–H groups in total. The van der Waals surface area contributed by atoms with Crippen LogP contribution in [0.2, 0.25) is 10.0 Å². The number of hydrogen-bond acceptors (Lipinski definition) is 2. The van der Waals surface area contributed by atoms with Crippen molar-refractivity contribution in [3.8, 4) is 0 Å². The zero-order chi connectivity index (χ0) is 19.7. The van der Waals surface area contributed by atoms with Crippen LogP contribution in [0, 0.1) is 13.8 Å². The second-order valence-corrected chi connectivity index (χ2v) is 7.33. The number of rotatable bonds is 3. The normalized spacial score (nSPS) is 16.6. The Morgan fingerprint density at radius 3 is 2.44 bits per heavy atom. The molecule has 1 atom stereocenters. The Hall–Kier alpha value is -2.50. The summed E-state index contributed by atoms with van der Waals surface area (Å²) in [4.78, 5) is 25.0. The van der Waals surface area contributed by atoms with E-state index >= 15 is 0 Å². The largest absolute Gasteiger partial charge is 0.327 e. The number of halogens is 2. The highest BCUT2D eigenvalue weighted by atomic mass is 35.5. The maximum atomic E-state index is 13.0. The van der Waals surface area contributed by atoms with Gasteiger partial charge in [-0.25, -0.2) is 4.79 Å². The standard InChI is InChI=1S/C20H19Cl2N3O2/c1-10-4-6-14(8-11(10)2)24-19(26)17-12(3)23-20(27)25-18(17)15-7-5-13(21)9-16(15)22/h4-9,18H,1-3H3,(H,24,26)(H2,23,25,27)/t18-/m1/s1. The van der Waals surface area contributed by atoms with Crippen molar-refractivity contribution in [1.29, 1.82) is 0 Å². The summed E-state index contributed by atoms with van der Waals surface area (Å²) in [5.41, 5.74) is 4.35. The van der Waals surface area contributed by atoms with Gasteiger partial charge in [0.2, 0.25) is 0 Å². The SMILES string of the molecule is CC1=C(C(=O)Nc2ccc(C)c(C)c2)[C@@H](c2ccc(Cl)cc2Cl)NC(=O)N1. The highest BCUT2D eigenvalue weighted by molar-refractivity contribution is 6.35. The molecule has 0 bridgehead atoms. The van der Waals surface area contributed by atoms with Gasteiger partial charge in [-0.05, 0) is 61.7 Å². The average molecular weight is 404 g/mol. The molecule has 0 aromatic heterocycles. The molecular formula is C20H19Cl2N3O2. The molecule has 2 aromatic rings. The minimum Gasteiger partial charge on any atom is -0.327 e. The first kappa shape index (κ1) is 19.3. The number of hydrogen-bond donors (Lipinski definition) is 3. The van der Waals surface area contributed by atoms with Gasteiger partial charge in [0.25, 0.3) is 5.91 Å². The second-order valence-electron chi connectivity index (χ2n) is 6.49. The highest BCUT2D eigenvalue weighted by Crippen LogP contribution is 2.33. The number of aryl methyl sites for hydroxylation is 2. The predicted octanol–water partition coefficient (Wildman–Crippen LogP) is 4.88. The van der Waals surface area contributed by atoms with Gasteiger partial charge in [0.05, 0.1) is 11.6 Å². The van der Waals surface area contributed by atoms with Crippen LogP contribution in [0.25, 0.3) is 0 Å². The molecule has 0 radical (unpaired) electrons. The minimum atomic E-state index is -0.685. The lowest BCUT2D eigenvalue weighted by atomic mass is 9.94. The van der Waals surface area contributed by atoms with E-state index in [0.29, 0.717) is 32.6 Å². The summed E-state index contributed by atoms with van der Waals surface area (Å²) in [6.45, 7) is 5.67. The summed E-state index contributed by atoms with van der Waals surface area (Å²) in [7, 11) is 0. The Bertz CT molecular complexity index is 970. The molecule has 27 heavy (non-hydrogen) atoms. The molecule has 7 heteroatoms. The van der Waals surface area contributed by atoms with Crippen LogP contribution in [0.15, 0.2) is 47.7 Å². The third-order valence-corrected chi connectivity index (χ3v) is 5.11. The number of amides is 3. The fraction of sp³-hybridized carbons (Fsp3) is 0.200. The van der Waals surface area contributed by atoms with Crippen molar-refractivity contribution in [3.63, 3.8) is 0 Å². The summed E-state index contributed by atoms with van der Waals surface area (Å²) >= 11 is 12.3. The van der Waals surface area contributed by atoms with Crippen molar-refractivity contribution in [3.05, 3.63) is 74.4 Å². The van der Waals surface area contributed by atoms with Crippen molar-refractivity contribution < 1.29 is 9.59 Å². The van der Waals surface area contributed by atoms with E-state index in [9.17, 15) is 9.59 Å². The van der Waals surface area contributed by atoms with Crippen LogP contribution in [0.1, 0.15) is 29.7 Å². The lowest BCUT2D eigenvalue weighted by molar-refractivity contribution is -0.113. The highest BCUT2D eigenvalue weighted by Gasteiger charge is 2.32. The van der Waals surface area contributed by atoms with E-state index in [1.807, 2.05) is 32.0 Å². The maximum Gasteiger partial charge on any atom is 0.319 e. The number of nitrogens with one attached hydrogen (secondary N) is 3. The number of benzene rings is 2. The smallest absolute Gasteiger partial charge is 0.319 e. The number of allylic oxidation sites excluding steroid dienone is 1. The zero-order valence-electron chi connectivity index (χ0n) is 15.1. The molecule has 3 rings (SSSR count). The minimum absolute atomic E-state index is 0.320. The Morgan fingerprint density at radius 1 is 1.04 bits per heavy atom. The average Bonchev–Trinajstić information content (AvgIpc) is 2.57. The van der Waals surface area contributed by atoms with Crippen molar-refractivity contribution in [2.24, 2.45) is 0 Å². The summed E-state index contributed by atoms with van der Waals surface area (Å²) in [5.74, 6) is -0.320. The van der Waals surface area contributed by atoms with Crippen LogP contribution in [0.5, 0.6) is 0 Å². The molecule has 5 nitrogen and oxygen atoms in total. The van der Waals surface area contributed by atoms with Crippen LogP contribution < -0.4 is 16.0 Å². The van der Waals surface area contributed by atoms with Gasteiger partial charge in [0, 0.05) is 21.4 Å². The Kier molecular flexibility index (Phi) is 5.44. The van der Waals surface area contributed by atoms with Crippen molar-refractivity contribution in [2.75, 3.05) is 5.32 Å². The molecule has 0 unspecified atom stereocenters. The first-order valence-corrected chi connectivity index (χ1v) is 9.13. The fourth-order valence-electron chi connectivity index (χ4n) is 2.98. The molecule has 140 valence electrons. The van der Waals surface area contributed by atoms with E-state index in [1.165, 1.54) is 0 Å². The van der Waals surface area contributed by atoms with Crippen molar-refractivity contribution in [1.82, 2.24) is 10.6 Å². The van der Waals surface area contributed by atoms with Gasteiger partial charge in [-0.2, -0.15) is 0 Å². The Labute approximate surface area is 167 Å². The lowest BCUT2D eigenvalue weighted by Crippen LogP contribution is -2.46. The Balaban J connectivity index is 1.98. The Morgan fingerprint density at radius 2 is 1.78 bits per heavy atom. The van der Waals surface area contributed by atoms with E-state index in [0.717, 1.165) is 11.1 Å². The van der Waals surface area contributed by atoms with Crippen LogP contribution >= 0.6 is 23.2 Å². The lowest BCUT2D eigenvalue weighted by Gasteiger charge is -2.29. The molecule has 0 saturated carbocycles. The topological polar surface area (TPSA) is 70.2 Å². The van der Waals surface area contributed by atoms with Crippen LogP contribution in [-0.2, 0) is 4.79 Å². The van der Waals surface area contributed by atoms with Crippen molar-refractivity contribution in [2.45, 2.75) is 26.8 Å². The molecule has 1 aliphatic heterocycles. The monoisotopic (exact) mass is 403 g/mol. The predicted molar refractivity (Wildman–Crippen MR) is 108 cm³/mol. The van der Waals surface area contributed by atoms with Crippen LogP contribution in [0.3, 0.4) is 0 Å². The van der Waals surface area contributed by atoms with E-state index in [2.05, 4.69) is 16.0 Å². The van der Waals surface area contributed by atoms with E-state index in [1.54, 1.807) is 25.1 Å². The number of urea groups is 1. The quantitative estimate of drug-likeness (QED) is 0.683. The summed E-state index contributed by atoms with van der Waals surface area (Å²) in [5, 5.41) is 9.16. The first-order valence-electron chi connectivity index (χ1n) is 8.38. The van der Waals surface area contributed by atoms with Gasteiger partial charge >= 0.3 is 6.03 Å². The van der Waals surface area contributed by atoms with E-state index < -0.39 is 12.1 Å². The molecule has 3 amide bonds. The molecular weight excluding hydrogens is 385 g/mol. The maximum absolute atomic E-state index is 13.0. The molecule has 1 aliphatic rings. The molecule has 0 spiro atoms. The van der Waals surface area contributed by atoms with Crippen LogP contribution in [0.4, 0.5) is 10.5 Å². The number of carbonyl (C=O) groups excluding carboxylic acids is 2. The number of anilines is 1. The third kappa shape index (κ3) is 4.10. The molecule has 1 heterocycles. The molecule has 0 aliphatic carbocycles. The van der Waals surface area contributed by atoms with Gasteiger partial charge in [0.1, 0.15) is 0 Å². The van der Waals surface area contributed by atoms with E-state index in [4.69, 9.17) is 23.2 Å². The molecule has 0 saturated heterocycles. The molecule has 2 aromatic carbocycles. The van der Waals surface area contributed by atoms with Crippen LogP contribution in [-0.4, -0.2) is 11.9 Å². The van der Waals surface area contributed by atoms with Gasteiger partial charge in [-0.1, -0.05) is 35.3 Å². The molecule has 0 fully saturated rings. The van der Waals surface area contributed by atoms with Gasteiger partial charge in [0.15, 0.2) is 0 Å². The zero-order valence-corrected chi connectivity index (χ0v) is 16.6. The fourth-order valence-corrected chi connectivity index (χ4v) is 3.50. The summed E-state index contributed by atoms with van der Waals surface area (Å²) in [6, 6.07) is 9.57. The first-order chi connectivity index (χ1) is 12.8. The van der Waals surface area contributed by atoms with Gasteiger partial charge in [-0.3, -0.25) is 4.79 Å². The van der Waals surface area contributed by atoms with E-state index in [-0.39, 0.29) is 5.91 Å². The summed E-state index contributed by atoms with van der Waals surface area (Å²) in [6.07, 6.45) is 0. The summed E-state index contributed by atoms with van der Waals surface area (Å²) < 4.78 is 0. The third-order valence-electron chi connectivity index (χ3n) is 4.55. The number of carbonyl (C=O) groups is 2. The van der Waals surface area contributed by atoms with Gasteiger partial charge in [-0.15, -0.1) is 0 Å². The second kappa shape index (κ2) is 7.62. The van der Waals surface area contributed by atoms with Crippen molar-refractivity contribution >= 4 is 40.8 Å².